The van der Waals surface area contributed by atoms with Gasteiger partial charge in [0.2, 0.25) is 0 Å². The van der Waals surface area contributed by atoms with Gasteiger partial charge in [-0.1, -0.05) is 0 Å². The number of rotatable bonds is 6. The molecule has 0 saturated carbocycles. The second kappa shape index (κ2) is 6.27. The molecular formula is C12H16N6O2S. The Hall–Kier alpha value is -2.55. The first-order valence-corrected chi connectivity index (χ1v) is 7.01. The zero-order valence-corrected chi connectivity index (χ0v) is 12.2. The molecule has 0 saturated heterocycles. The van der Waals surface area contributed by atoms with Crippen LogP contribution in [0, 0.1) is 0 Å². The Morgan fingerprint density at radius 1 is 1.48 bits per heavy atom. The summed E-state index contributed by atoms with van der Waals surface area (Å²) in [5, 5.41) is 10.2. The van der Waals surface area contributed by atoms with Crippen molar-refractivity contribution in [2.45, 2.75) is 6.54 Å². The van der Waals surface area contributed by atoms with Crippen molar-refractivity contribution in [1.29, 1.82) is 0 Å². The highest BCUT2D eigenvalue weighted by atomic mass is 32.1. The normalized spacial score (nSPS) is 10.3. The van der Waals surface area contributed by atoms with Gasteiger partial charge in [0.15, 0.2) is 0 Å². The van der Waals surface area contributed by atoms with E-state index in [1.165, 1.54) is 7.05 Å². The van der Waals surface area contributed by atoms with Crippen LogP contribution in [0.1, 0.15) is 20.0 Å². The summed E-state index contributed by atoms with van der Waals surface area (Å²) in [5.74, 6) is -1.01. The Labute approximate surface area is 125 Å². The van der Waals surface area contributed by atoms with E-state index in [9.17, 15) is 9.59 Å². The van der Waals surface area contributed by atoms with Crippen LogP contribution in [0.4, 0.5) is 10.7 Å². The number of anilines is 2. The van der Waals surface area contributed by atoms with Gasteiger partial charge in [0.1, 0.15) is 9.88 Å². The molecule has 112 valence electrons. The predicted octanol–water partition coefficient (Wildman–Crippen LogP) is 0.0974. The first kappa shape index (κ1) is 14.9. The number of nitrogen functional groups attached to an aromatic ring is 1. The fourth-order valence-electron chi connectivity index (χ4n) is 1.82. The first-order valence-electron chi connectivity index (χ1n) is 6.20. The lowest BCUT2D eigenvalue weighted by molar-refractivity contribution is 0.0965. The average molecular weight is 308 g/mol. The number of thiophene rings is 1. The van der Waals surface area contributed by atoms with E-state index in [-0.39, 0.29) is 22.0 Å². The molecule has 0 aliphatic heterocycles. The number of hydrogen-bond acceptors (Lipinski definition) is 6. The van der Waals surface area contributed by atoms with Crippen LogP contribution < -0.4 is 22.1 Å². The van der Waals surface area contributed by atoms with Crippen LogP contribution >= 0.6 is 11.3 Å². The van der Waals surface area contributed by atoms with E-state index in [1.54, 1.807) is 10.9 Å². The Balaban J connectivity index is 2.18. The lowest BCUT2D eigenvalue weighted by atomic mass is 10.2. The minimum absolute atomic E-state index is 0.105. The van der Waals surface area contributed by atoms with Gasteiger partial charge >= 0.3 is 0 Å². The molecule has 0 bridgehead atoms. The molecule has 2 aromatic heterocycles. The molecule has 0 aromatic carbocycles. The minimum atomic E-state index is -0.650. The average Bonchev–Trinajstić information content (AvgIpc) is 3.06. The van der Waals surface area contributed by atoms with Crippen LogP contribution in [0.15, 0.2) is 18.5 Å². The SMILES string of the molecule is CNC(=O)c1c(NCCn2cccn2)sc(C(N)=O)c1N. The molecule has 0 aliphatic rings. The lowest BCUT2D eigenvalue weighted by Gasteiger charge is -2.07. The van der Waals surface area contributed by atoms with Gasteiger partial charge < -0.3 is 22.1 Å². The highest BCUT2D eigenvalue weighted by Gasteiger charge is 2.23. The molecule has 2 aromatic rings. The smallest absolute Gasteiger partial charge is 0.260 e. The Kier molecular flexibility index (Phi) is 4.43. The lowest BCUT2D eigenvalue weighted by Crippen LogP contribution is -2.21. The number of hydrogen-bond donors (Lipinski definition) is 4. The number of carbonyl (C=O) groups excluding carboxylic acids is 2. The molecule has 8 nitrogen and oxygen atoms in total. The predicted molar refractivity (Wildman–Crippen MR) is 81.4 cm³/mol. The van der Waals surface area contributed by atoms with E-state index in [1.807, 2.05) is 12.3 Å². The van der Waals surface area contributed by atoms with Crippen LogP contribution in [0.2, 0.25) is 0 Å². The van der Waals surface area contributed by atoms with Crippen molar-refractivity contribution in [2.75, 3.05) is 24.6 Å². The van der Waals surface area contributed by atoms with Crippen molar-refractivity contribution in [3.05, 3.63) is 28.9 Å². The third kappa shape index (κ3) is 3.14. The third-order valence-corrected chi connectivity index (χ3v) is 3.99. The quantitative estimate of drug-likeness (QED) is 0.601. The molecule has 21 heavy (non-hydrogen) atoms. The van der Waals surface area contributed by atoms with E-state index in [0.29, 0.717) is 18.1 Å². The maximum Gasteiger partial charge on any atom is 0.260 e. The number of primary amides is 1. The van der Waals surface area contributed by atoms with Crippen LogP contribution in [-0.2, 0) is 6.54 Å². The van der Waals surface area contributed by atoms with E-state index in [2.05, 4.69) is 15.7 Å². The second-order valence-electron chi connectivity index (χ2n) is 4.19. The van der Waals surface area contributed by atoms with Crippen LogP contribution in [-0.4, -0.2) is 35.2 Å². The summed E-state index contributed by atoms with van der Waals surface area (Å²) in [5.41, 5.74) is 11.5. The summed E-state index contributed by atoms with van der Waals surface area (Å²) in [7, 11) is 1.50. The molecule has 0 unspecified atom stereocenters. The van der Waals surface area contributed by atoms with Gasteiger partial charge in [-0.05, 0) is 6.07 Å². The van der Waals surface area contributed by atoms with Crippen LogP contribution in [0.25, 0.3) is 0 Å². The number of carbonyl (C=O) groups is 2. The maximum absolute atomic E-state index is 11.9. The number of nitrogens with two attached hydrogens (primary N) is 2. The summed E-state index contributed by atoms with van der Waals surface area (Å²) in [6.45, 7) is 1.15. The van der Waals surface area contributed by atoms with Gasteiger partial charge in [0.25, 0.3) is 11.8 Å². The van der Waals surface area contributed by atoms with E-state index in [0.717, 1.165) is 11.3 Å². The summed E-state index contributed by atoms with van der Waals surface area (Å²) >= 11 is 1.07. The van der Waals surface area contributed by atoms with Crippen molar-refractivity contribution in [3.8, 4) is 0 Å². The highest BCUT2D eigenvalue weighted by molar-refractivity contribution is 7.19. The van der Waals surface area contributed by atoms with Crippen molar-refractivity contribution in [2.24, 2.45) is 5.73 Å². The van der Waals surface area contributed by atoms with Crippen molar-refractivity contribution in [1.82, 2.24) is 15.1 Å². The Morgan fingerprint density at radius 2 is 2.24 bits per heavy atom. The van der Waals surface area contributed by atoms with Crippen molar-refractivity contribution >= 4 is 33.8 Å². The fourth-order valence-corrected chi connectivity index (χ4v) is 2.81. The molecule has 9 heteroatoms. The molecule has 2 amide bonds. The maximum atomic E-state index is 11.9. The Bertz CT molecular complexity index is 649. The first-order chi connectivity index (χ1) is 10.0. The van der Waals surface area contributed by atoms with E-state index < -0.39 is 5.91 Å². The van der Waals surface area contributed by atoms with Gasteiger partial charge in [-0.15, -0.1) is 11.3 Å². The topological polar surface area (TPSA) is 128 Å². The molecular weight excluding hydrogens is 292 g/mol. The van der Waals surface area contributed by atoms with E-state index >= 15 is 0 Å². The zero-order chi connectivity index (χ0) is 15.4. The molecule has 2 rings (SSSR count). The summed E-state index contributed by atoms with van der Waals surface area (Å²) in [6.07, 6.45) is 3.52. The molecule has 6 N–H and O–H groups in total. The zero-order valence-electron chi connectivity index (χ0n) is 11.4. The van der Waals surface area contributed by atoms with Gasteiger partial charge in [0.05, 0.1) is 17.8 Å². The van der Waals surface area contributed by atoms with Gasteiger partial charge in [-0.3, -0.25) is 14.3 Å². The Morgan fingerprint density at radius 3 is 2.81 bits per heavy atom. The standard InChI is InChI=1S/C12H16N6O2S/c1-15-11(20)7-8(13)9(10(14)19)21-12(7)16-4-6-18-5-2-3-17-18/h2-3,5,16H,4,6,13H2,1H3,(H2,14,19)(H,15,20). The molecule has 0 radical (unpaired) electrons. The molecule has 0 fully saturated rings. The van der Waals surface area contributed by atoms with Gasteiger partial charge in [-0.2, -0.15) is 5.10 Å². The van der Waals surface area contributed by atoms with Crippen LogP contribution in [0.3, 0.4) is 0 Å². The van der Waals surface area contributed by atoms with Gasteiger partial charge in [-0.25, -0.2) is 0 Å². The van der Waals surface area contributed by atoms with Gasteiger partial charge in [0, 0.05) is 26.0 Å². The van der Waals surface area contributed by atoms with Crippen molar-refractivity contribution in [3.63, 3.8) is 0 Å². The molecule has 2 heterocycles. The van der Waals surface area contributed by atoms with E-state index in [4.69, 9.17) is 11.5 Å². The minimum Gasteiger partial charge on any atom is -0.397 e. The molecule has 0 spiro atoms. The molecule has 0 aliphatic carbocycles. The largest absolute Gasteiger partial charge is 0.397 e. The number of amides is 2. The monoisotopic (exact) mass is 308 g/mol. The van der Waals surface area contributed by atoms with Crippen LogP contribution in [0.5, 0.6) is 0 Å². The summed E-state index contributed by atoms with van der Waals surface area (Å²) in [6, 6.07) is 1.82. The second-order valence-corrected chi connectivity index (χ2v) is 5.21. The van der Waals surface area contributed by atoms with Crippen molar-refractivity contribution < 1.29 is 9.59 Å². The summed E-state index contributed by atoms with van der Waals surface area (Å²) < 4.78 is 1.75. The number of nitrogens with one attached hydrogen (secondary N) is 2. The number of nitrogens with zero attached hydrogens (tertiary/aromatic N) is 2. The third-order valence-electron chi connectivity index (χ3n) is 2.81. The highest BCUT2D eigenvalue weighted by Crippen LogP contribution is 2.35. The fraction of sp³-hybridized carbons (Fsp3) is 0.250. The summed E-state index contributed by atoms with van der Waals surface area (Å²) in [4.78, 5) is 23.4. The number of aromatic nitrogens is 2. The molecule has 0 atom stereocenters.